The number of piperidine rings is 1. The predicted octanol–water partition coefficient (Wildman–Crippen LogP) is 3.48. The molecule has 0 aromatic carbocycles. The number of guanidine groups is 1. The SMILES string of the molecule is CCNC(=NCc1cn(C)nc1C(F)(F)F)NC1CCN(c2ccc(C)cn2)CC1.I. The molecule has 0 amide bonds. The zero-order valence-corrected chi connectivity index (χ0v) is 20.2. The van der Waals surface area contributed by atoms with E-state index in [2.05, 4.69) is 36.7 Å². The lowest BCUT2D eigenvalue weighted by Gasteiger charge is -2.33. The molecule has 0 spiro atoms. The Morgan fingerprint density at radius 2 is 1.97 bits per heavy atom. The number of aromatic nitrogens is 3. The predicted molar refractivity (Wildman–Crippen MR) is 126 cm³/mol. The molecule has 0 aliphatic carbocycles. The molecule has 1 saturated heterocycles. The summed E-state index contributed by atoms with van der Waals surface area (Å²) in [5.74, 6) is 1.48. The van der Waals surface area contributed by atoms with Crippen LogP contribution in [-0.4, -0.2) is 46.4 Å². The first-order valence-corrected chi connectivity index (χ1v) is 10.1. The first-order valence-electron chi connectivity index (χ1n) is 10.1. The molecule has 11 heteroatoms. The van der Waals surface area contributed by atoms with Crippen molar-refractivity contribution in [1.82, 2.24) is 25.4 Å². The van der Waals surface area contributed by atoms with Crippen molar-refractivity contribution in [3.63, 3.8) is 0 Å². The van der Waals surface area contributed by atoms with Gasteiger partial charge in [0.2, 0.25) is 0 Å². The van der Waals surface area contributed by atoms with Gasteiger partial charge >= 0.3 is 6.18 Å². The van der Waals surface area contributed by atoms with E-state index in [1.165, 1.54) is 17.9 Å². The van der Waals surface area contributed by atoms with Crippen LogP contribution in [0.5, 0.6) is 0 Å². The van der Waals surface area contributed by atoms with Crippen molar-refractivity contribution in [1.29, 1.82) is 0 Å². The van der Waals surface area contributed by atoms with Crippen molar-refractivity contribution in [2.24, 2.45) is 12.0 Å². The standard InChI is InChI=1S/C20H28F3N7.HI/c1-4-24-19(26-12-15-13-29(3)28-18(15)20(21,22)23)27-16-7-9-30(10-8-16)17-6-5-14(2)11-25-17;/h5-6,11,13,16H,4,7-10,12H2,1-3H3,(H2,24,26,27);1H. The maximum absolute atomic E-state index is 13.1. The fraction of sp³-hybridized carbons (Fsp3) is 0.550. The van der Waals surface area contributed by atoms with E-state index in [4.69, 9.17) is 0 Å². The lowest BCUT2D eigenvalue weighted by Crippen LogP contribution is -2.48. The molecule has 0 unspecified atom stereocenters. The van der Waals surface area contributed by atoms with E-state index in [-0.39, 0.29) is 42.1 Å². The third kappa shape index (κ3) is 6.97. The summed E-state index contributed by atoms with van der Waals surface area (Å²) in [7, 11) is 1.47. The van der Waals surface area contributed by atoms with Gasteiger partial charge in [0.1, 0.15) is 5.82 Å². The van der Waals surface area contributed by atoms with Gasteiger partial charge in [-0.15, -0.1) is 24.0 Å². The molecule has 2 N–H and O–H groups in total. The lowest BCUT2D eigenvalue weighted by atomic mass is 10.1. The molecule has 0 saturated carbocycles. The lowest BCUT2D eigenvalue weighted by molar-refractivity contribution is -0.142. The van der Waals surface area contributed by atoms with Gasteiger partial charge in [0.05, 0.1) is 6.54 Å². The van der Waals surface area contributed by atoms with Crippen LogP contribution in [0.2, 0.25) is 0 Å². The van der Waals surface area contributed by atoms with Crippen molar-refractivity contribution in [2.75, 3.05) is 24.5 Å². The average Bonchev–Trinajstić information content (AvgIpc) is 3.09. The number of pyridine rings is 1. The summed E-state index contributed by atoms with van der Waals surface area (Å²) in [6.45, 7) is 6.18. The molecule has 7 nitrogen and oxygen atoms in total. The minimum atomic E-state index is -4.49. The van der Waals surface area contributed by atoms with E-state index in [1.54, 1.807) is 0 Å². The highest BCUT2D eigenvalue weighted by atomic mass is 127. The van der Waals surface area contributed by atoms with Gasteiger partial charge in [0.25, 0.3) is 0 Å². The van der Waals surface area contributed by atoms with Crippen molar-refractivity contribution < 1.29 is 13.2 Å². The van der Waals surface area contributed by atoms with E-state index in [9.17, 15) is 13.2 Å². The summed E-state index contributed by atoms with van der Waals surface area (Å²) in [4.78, 5) is 11.1. The molecule has 1 fully saturated rings. The summed E-state index contributed by atoms with van der Waals surface area (Å²) in [6, 6.07) is 4.28. The Morgan fingerprint density at radius 1 is 1.26 bits per heavy atom. The van der Waals surface area contributed by atoms with Crippen LogP contribution in [0.1, 0.15) is 36.6 Å². The zero-order chi connectivity index (χ0) is 21.7. The first kappa shape index (κ1) is 25.2. The van der Waals surface area contributed by atoms with Crippen LogP contribution in [-0.2, 0) is 19.8 Å². The van der Waals surface area contributed by atoms with E-state index in [0.717, 1.165) is 37.3 Å². The third-order valence-electron chi connectivity index (χ3n) is 4.98. The number of nitrogens with zero attached hydrogens (tertiary/aromatic N) is 5. The molecule has 172 valence electrons. The molecule has 3 heterocycles. The number of rotatable bonds is 5. The number of anilines is 1. The molecule has 31 heavy (non-hydrogen) atoms. The van der Waals surface area contributed by atoms with Gasteiger partial charge in [-0.1, -0.05) is 6.07 Å². The number of hydrogen-bond donors (Lipinski definition) is 2. The Balaban J connectivity index is 0.00000341. The van der Waals surface area contributed by atoms with Gasteiger partial charge in [0.15, 0.2) is 11.7 Å². The van der Waals surface area contributed by atoms with Gasteiger partial charge in [-0.2, -0.15) is 18.3 Å². The molecule has 3 rings (SSSR count). The molecular formula is C20H29F3IN7. The Morgan fingerprint density at radius 3 is 2.55 bits per heavy atom. The van der Waals surface area contributed by atoms with Gasteiger partial charge < -0.3 is 15.5 Å². The van der Waals surface area contributed by atoms with Crippen LogP contribution in [0.15, 0.2) is 29.5 Å². The summed E-state index contributed by atoms with van der Waals surface area (Å²) >= 11 is 0. The number of hydrogen-bond acceptors (Lipinski definition) is 4. The highest BCUT2D eigenvalue weighted by molar-refractivity contribution is 14.0. The Labute approximate surface area is 197 Å². The van der Waals surface area contributed by atoms with Crippen molar-refractivity contribution >= 4 is 35.8 Å². The molecule has 1 aliphatic rings. The Hall–Kier alpha value is -2.05. The second-order valence-corrected chi connectivity index (χ2v) is 7.47. The maximum Gasteiger partial charge on any atom is 0.435 e. The monoisotopic (exact) mass is 551 g/mol. The second kappa shape index (κ2) is 11.0. The Kier molecular flexibility index (Phi) is 8.95. The largest absolute Gasteiger partial charge is 0.435 e. The van der Waals surface area contributed by atoms with Crippen LogP contribution in [0.3, 0.4) is 0 Å². The van der Waals surface area contributed by atoms with Gasteiger partial charge in [-0.05, 0) is 38.3 Å². The highest BCUT2D eigenvalue weighted by Crippen LogP contribution is 2.30. The average molecular weight is 551 g/mol. The molecular weight excluding hydrogens is 522 g/mol. The third-order valence-corrected chi connectivity index (χ3v) is 4.98. The highest BCUT2D eigenvalue weighted by Gasteiger charge is 2.36. The van der Waals surface area contributed by atoms with Crippen LogP contribution in [0.25, 0.3) is 0 Å². The molecule has 0 atom stereocenters. The number of nitrogens with one attached hydrogen (secondary N) is 2. The number of halogens is 4. The fourth-order valence-electron chi connectivity index (χ4n) is 3.47. The molecule has 2 aromatic heterocycles. The number of alkyl halides is 3. The minimum Gasteiger partial charge on any atom is -0.357 e. The zero-order valence-electron chi connectivity index (χ0n) is 17.9. The molecule has 0 bridgehead atoms. The Bertz CT molecular complexity index is 857. The normalized spacial score (nSPS) is 15.5. The topological polar surface area (TPSA) is 70.4 Å². The second-order valence-electron chi connectivity index (χ2n) is 7.47. The van der Waals surface area contributed by atoms with Gasteiger partial charge in [-0.25, -0.2) is 9.98 Å². The fourth-order valence-corrected chi connectivity index (χ4v) is 3.47. The first-order chi connectivity index (χ1) is 14.3. The minimum absolute atomic E-state index is 0. The van der Waals surface area contributed by atoms with Crippen LogP contribution in [0, 0.1) is 6.92 Å². The molecule has 0 radical (unpaired) electrons. The van der Waals surface area contributed by atoms with Crippen LogP contribution in [0.4, 0.5) is 19.0 Å². The molecule has 2 aromatic rings. The van der Waals surface area contributed by atoms with Crippen molar-refractivity contribution in [2.45, 2.75) is 45.5 Å². The maximum atomic E-state index is 13.1. The van der Waals surface area contributed by atoms with E-state index < -0.39 is 11.9 Å². The molecule has 1 aliphatic heterocycles. The summed E-state index contributed by atoms with van der Waals surface area (Å²) in [5.41, 5.74) is 0.301. The summed E-state index contributed by atoms with van der Waals surface area (Å²) < 4.78 is 40.6. The van der Waals surface area contributed by atoms with E-state index in [0.29, 0.717) is 12.5 Å². The van der Waals surface area contributed by atoms with E-state index in [1.807, 2.05) is 26.1 Å². The van der Waals surface area contributed by atoms with Crippen molar-refractivity contribution in [3.8, 4) is 0 Å². The quantitative estimate of drug-likeness (QED) is 0.339. The summed E-state index contributed by atoms with van der Waals surface area (Å²) in [5, 5.41) is 10.0. The van der Waals surface area contributed by atoms with Gasteiger partial charge in [-0.3, -0.25) is 4.68 Å². The summed E-state index contributed by atoms with van der Waals surface area (Å²) in [6.07, 6.45) is 0.516. The number of aliphatic imine (C=N–C) groups is 1. The van der Waals surface area contributed by atoms with Crippen LogP contribution >= 0.6 is 24.0 Å². The van der Waals surface area contributed by atoms with E-state index >= 15 is 0 Å². The van der Waals surface area contributed by atoms with Gasteiger partial charge in [0, 0.05) is 50.7 Å². The number of aryl methyl sites for hydroxylation is 2. The van der Waals surface area contributed by atoms with Crippen LogP contribution < -0.4 is 15.5 Å². The smallest absolute Gasteiger partial charge is 0.357 e. The van der Waals surface area contributed by atoms with Crippen molar-refractivity contribution in [3.05, 3.63) is 41.3 Å².